The molecule has 0 unspecified atom stereocenters. The topological polar surface area (TPSA) is 99.7 Å². The number of fused-ring (bicyclic) bond motifs is 1. The summed E-state index contributed by atoms with van der Waals surface area (Å²) in [6.45, 7) is 0. The Morgan fingerprint density at radius 3 is 2.61 bits per heavy atom. The molecule has 1 aliphatic heterocycles. The van der Waals surface area contributed by atoms with E-state index < -0.39 is 6.29 Å². The molecular weight excluding hydrogens is 376 g/mol. The third-order valence-corrected chi connectivity index (χ3v) is 4.66. The Morgan fingerprint density at radius 2 is 1.89 bits per heavy atom. The van der Waals surface area contributed by atoms with Crippen molar-refractivity contribution in [2.24, 2.45) is 0 Å². The number of nitrogens with zero attached hydrogens (tertiary/aromatic N) is 3. The van der Waals surface area contributed by atoms with Crippen molar-refractivity contribution in [3.05, 3.63) is 42.2 Å². The van der Waals surface area contributed by atoms with Gasteiger partial charge in [-0.3, -0.25) is 0 Å². The molecule has 1 saturated carbocycles. The summed E-state index contributed by atoms with van der Waals surface area (Å²) in [6.07, 6.45) is 0.701. The maximum absolute atomic E-state index is 13.1. The number of benzene rings is 1. The van der Waals surface area contributed by atoms with E-state index in [9.17, 15) is 13.9 Å². The van der Waals surface area contributed by atoms with Gasteiger partial charge in [0.1, 0.15) is 11.8 Å². The van der Waals surface area contributed by atoms with Crippen LogP contribution in [0, 0.1) is 0 Å². The molecule has 0 bridgehead atoms. The minimum atomic E-state index is -3.61. The second-order valence-corrected chi connectivity index (χ2v) is 6.57. The second-order valence-electron chi connectivity index (χ2n) is 6.57. The normalized spacial score (nSPS) is 21.9. The van der Waals surface area contributed by atoms with Crippen LogP contribution in [0.15, 0.2) is 41.2 Å². The van der Waals surface area contributed by atoms with Crippen molar-refractivity contribution in [1.29, 1.82) is 0 Å². The van der Waals surface area contributed by atoms with Gasteiger partial charge in [-0.25, -0.2) is 9.97 Å². The summed E-state index contributed by atoms with van der Waals surface area (Å²) in [5, 5.41) is 12.6. The second kappa shape index (κ2) is 6.04. The highest BCUT2D eigenvalue weighted by Gasteiger charge is 2.44. The average molecular weight is 389 g/mol. The minimum absolute atomic E-state index is 0.0383. The standard InChI is InChI=1S/C18H13F2N3O5/c19-18(20)26-13-2-1-9(5-15(13)27-18)10-3-11(4-10)25-17-8-21-12(7-22-17)14-6-16(24)23-28-14/h1-2,5-8,10-11H,3-4H2,(H,23,24). The van der Waals surface area contributed by atoms with Gasteiger partial charge in [0, 0.05) is 0 Å². The van der Waals surface area contributed by atoms with Gasteiger partial charge in [-0.2, -0.15) is 0 Å². The smallest absolute Gasteiger partial charge is 0.491 e. The first kappa shape index (κ1) is 16.7. The van der Waals surface area contributed by atoms with Gasteiger partial charge in [-0.05, 0) is 41.6 Å². The largest absolute Gasteiger partial charge is 0.586 e. The van der Waals surface area contributed by atoms with Crippen LogP contribution >= 0.6 is 0 Å². The number of halogens is 2. The third-order valence-electron chi connectivity index (χ3n) is 4.66. The molecule has 0 spiro atoms. The van der Waals surface area contributed by atoms with Gasteiger partial charge in [0.2, 0.25) is 5.88 Å². The summed E-state index contributed by atoms with van der Waals surface area (Å²) in [4.78, 5) is 8.34. The molecule has 8 nitrogen and oxygen atoms in total. The number of aromatic hydroxyl groups is 1. The van der Waals surface area contributed by atoms with E-state index in [0.717, 1.165) is 18.4 Å². The molecule has 2 aromatic heterocycles. The Labute approximate surface area is 156 Å². The number of hydrogen-bond donors (Lipinski definition) is 1. The van der Waals surface area contributed by atoms with E-state index >= 15 is 0 Å². The molecule has 2 aliphatic rings. The van der Waals surface area contributed by atoms with Crippen molar-refractivity contribution in [3.63, 3.8) is 0 Å². The van der Waals surface area contributed by atoms with Crippen LogP contribution in [0.5, 0.6) is 23.3 Å². The zero-order chi connectivity index (χ0) is 19.3. The number of hydrogen-bond acceptors (Lipinski definition) is 8. The van der Waals surface area contributed by atoms with Gasteiger partial charge in [-0.15, -0.1) is 8.78 Å². The lowest BCUT2D eigenvalue weighted by atomic mass is 9.77. The zero-order valence-electron chi connectivity index (χ0n) is 14.2. The highest BCUT2D eigenvalue weighted by Crippen LogP contribution is 2.45. The summed E-state index contributed by atoms with van der Waals surface area (Å²) in [5.74, 6) is 0.695. The maximum atomic E-state index is 13.1. The fourth-order valence-electron chi connectivity index (χ4n) is 3.22. The molecule has 0 radical (unpaired) electrons. The molecule has 1 aliphatic carbocycles. The van der Waals surface area contributed by atoms with Crippen molar-refractivity contribution in [3.8, 4) is 34.7 Å². The highest BCUT2D eigenvalue weighted by molar-refractivity contribution is 5.51. The highest BCUT2D eigenvalue weighted by atomic mass is 19.3. The van der Waals surface area contributed by atoms with Gasteiger partial charge < -0.3 is 23.8 Å². The maximum Gasteiger partial charge on any atom is 0.586 e. The summed E-state index contributed by atoms with van der Waals surface area (Å²) < 4.78 is 45.8. The number of ether oxygens (including phenoxy) is 3. The molecule has 28 heavy (non-hydrogen) atoms. The first-order valence-electron chi connectivity index (χ1n) is 8.50. The summed E-state index contributed by atoms with van der Waals surface area (Å²) in [6, 6.07) is 6.16. The molecule has 0 amide bonds. The first-order chi connectivity index (χ1) is 13.4. The SMILES string of the molecule is Oc1cc(-c2cnc(OC3CC(c4ccc5c(c4)OC(F)(F)O5)C3)cn2)on1. The van der Waals surface area contributed by atoms with Crippen molar-refractivity contribution < 1.29 is 32.6 Å². The lowest BCUT2D eigenvalue weighted by Crippen LogP contribution is -2.32. The molecule has 10 heteroatoms. The molecule has 1 N–H and O–H groups in total. The lowest BCUT2D eigenvalue weighted by molar-refractivity contribution is -0.286. The van der Waals surface area contributed by atoms with Gasteiger partial charge in [0.15, 0.2) is 17.3 Å². The van der Waals surface area contributed by atoms with Crippen molar-refractivity contribution in [1.82, 2.24) is 15.1 Å². The summed E-state index contributed by atoms with van der Waals surface area (Å²) in [5.41, 5.74) is 1.32. The van der Waals surface area contributed by atoms with Gasteiger partial charge >= 0.3 is 6.29 Å². The Kier molecular flexibility index (Phi) is 3.61. The predicted molar refractivity (Wildman–Crippen MR) is 88.2 cm³/mol. The van der Waals surface area contributed by atoms with Crippen LogP contribution in [-0.2, 0) is 0 Å². The van der Waals surface area contributed by atoms with E-state index in [-0.39, 0.29) is 29.4 Å². The summed E-state index contributed by atoms with van der Waals surface area (Å²) in [7, 11) is 0. The number of aromatic nitrogens is 3. The predicted octanol–water partition coefficient (Wildman–Crippen LogP) is 3.48. The van der Waals surface area contributed by atoms with E-state index in [1.807, 2.05) is 0 Å². The van der Waals surface area contributed by atoms with Crippen molar-refractivity contribution >= 4 is 0 Å². The van der Waals surface area contributed by atoms with E-state index in [0.29, 0.717) is 17.3 Å². The molecule has 144 valence electrons. The van der Waals surface area contributed by atoms with E-state index in [1.54, 1.807) is 12.1 Å². The van der Waals surface area contributed by atoms with Crippen LogP contribution in [0.25, 0.3) is 11.5 Å². The molecule has 0 saturated heterocycles. The Hall–Kier alpha value is -3.43. The number of rotatable bonds is 4. The number of alkyl halides is 2. The molecule has 1 aromatic carbocycles. The Balaban J connectivity index is 1.19. The zero-order valence-corrected chi connectivity index (χ0v) is 14.2. The quantitative estimate of drug-likeness (QED) is 0.724. The van der Waals surface area contributed by atoms with Crippen LogP contribution in [-0.4, -0.2) is 32.6 Å². The Bertz CT molecular complexity index is 1020. The van der Waals surface area contributed by atoms with Crippen LogP contribution in [0.4, 0.5) is 8.78 Å². The molecular formula is C18H13F2N3O5. The van der Waals surface area contributed by atoms with Crippen molar-refractivity contribution in [2.45, 2.75) is 31.2 Å². The lowest BCUT2D eigenvalue weighted by Gasteiger charge is -2.35. The van der Waals surface area contributed by atoms with Gasteiger partial charge in [-0.1, -0.05) is 6.07 Å². The molecule has 5 rings (SSSR count). The van der Waals surface area contributed by atoms with E-state index in [1.165, 1.54) is 24.5 Å². The molecule has 3 aromatic rings. The third kappa shape index (κ3) is 3.06. The fourth-order valence-corrected chi connectivity index (χ4v) is 3.22. The first-order valence-corrected chi connectivity index (χ1v) is 8.50. The summed E-state index contributed by atoms with van der Waals surface area (Å²) >= 11 is 0. The Morgan fingerprint density at radius 1 is 1.07 bits per heavy atom. The van der Waals surface area contributed by atoms with Crippen LogP contribution in [0.2, 0.25) is 0 Å². The molecule has 3 heterocycles. The van der Waals surface area contributed by atoms with Crippen molar-refractivity contribution in [2.75, 3.05) is 0 Å². The van der Waals surface area contributed by atoms with Crippen LogP contribution in [0.3, 0.4) is 0 Å². The molecule has 1 fully saturated rings. The van der Waals surface area contributed by atoms with Gasteiger partial charge in [0.05, 0.1) is 18.5 Å². The molecule has 0 atom stereocenters. The van der Waals surface area contributed by atoms with E-state index in [4.69, 9.17) is 9.26 Å². The van der Waals surface area contributed by atoms with Gasteiger partial charge in [0.25, 0.3) is 5.88 Å². The van der Waals surface area contributed by atoms with Crippen LogP contribution < -0.4 is 14.2 Å². The minimum Gasteiger partial charge on any atom is -0.491 e. The van der Waals surface area contributed by atoms with E-state index in [2.05, 4.69) is 24.6 Å². The average Bonchev–Trinajstić information content (AvgIpc) is 3.19. The monoisotopic (exact) mass is 389 g/mol. The fraction of sp³-hybridized carbons (Fsp3) is 0.278. The van der Waals surface area contributed by atoms with Crippen LogP contribution in [0.1, 0.15) is 24.3 Å².